The van der Waals surface area contributed by atoms with Crippen molar-refractivity contribution in [1.29, 1.82) is 0 Å². The molecule has 0 unspecified atom stereocenters. The molecule has 2 spiro atoms. The molecule has 3 atom stereocenters. The summed E-state index contributed by atoms with van der Waals surface area (Å²) in [7, 11) is 3.65. The van der Waals surface area contributed by atoms with Crippen LogP contribution in [0.5, 0.6) is 5.75 Å². The zero-order valence-electron chi connectivity index (χ0n) is 16.9. The lowest BCUT2D eigenvalue weighted by molar-refractivity contribution is -0.148. The highest BCUT2D eigenvalue weighted by Gasteiger charge is 2.73. The molecule has 5 rings (SSSR count). The molecule has 2 aromatic rings. The van der Waals surface area contributed by atoms with Crippen molar-refractivity contribution in [3.8, 4) is 5.75 Å². The van der Waals surface area contributed by atoms with Crippen LogP contribution in [-0.2, 0) is 15.1 Å². The molecule has 1 N–H and O–H groups in total. The summed E-state index contributed by atoms with van der Waals surface area (Å²) in [5.74, 6) is 0.916. The first-order valence-corrected chi connectivity index (χ1v) is 10.3. The Morgan fingerprint density at radius 3 is 2.55 bits per heavy atom. The molecule has 1 aliphatic carbocycles. The van der Waals surface area contributed by atoms with Gasteiger partial charge in [-0.05, 0) is 43.7 Å². The molecule has 5 heteroatoms. The predicted molar refractivity (Wildman–Crippen MR) is 111 cm³/mol. The molecule has 0 bridgehead atoms. The fraction of sp³-hybridized carbons (Fsp3) is 0.417. The summed E-state index contributed by atoms with van der Waals surface area (Å²) in [5, 5.41) is 3.09. The molecule has 150 valence electrons. The van der Waals surface area contributed by atoms with Crippen LogP contribution in [0.4, 0.5) is 5.69 Å². The van der Waals surface area contributed by atoms with Crippen LogP contribution in [0.25, 0.3) is 0 Å². The molecule has 2 aromatic carbocycles. The fourth-order valence-corrected chi connectivity index (χ4v) is 6.25. The summed E-state index contributed by atoms with van der Waals surface area (Å²) in [5.41, 5.74) is 1.16. The first-order valence-electron chi connectivity index (χ1n) is 10.3. The number of carbonyl (C=O) groups excluding carboxylic acids is 2. The highest BCUT2D eigenvalue weighted by molar-refractivity contribution is 6.11. The third-order valence-electron chi connectivity index (χ3n) is 7.40. The van der Waals surface area contributed by atoms with Crippen LogP contribution in [0.15, 0.2) is 48.5 Å². The smallest absolute Gasteiger partial charge is 0.250 e. The lowest BCUT2D eigenvalue weighted by atomic mass is 9.54. The molecule has 1 amide bonds. The number of ketones is 1. The Hall–Kier alpha value is -2.66. The largest absolute Gasteiger partial charge is 0.497 e. The second-order valence-corrected chi connectivity index (χ2v) is 8.52. The SMILES string of the molecule is COc1ccc([C@@H]2CN(C)[C@]3(C(=O)Nc4ccccc43)[C@]23CCCCC3=O)cc1. The van der Waals surface area contributed by atoms with Crippen molar-refractivity contribution in [2.24, 2.45) is 5.41 Å². The molecular formula is C24H26N2O3. The number of methoxy groups -OCH3 is 1. The molecule has 0 aromatic heterocycles. The summed E-state index contributed by atoms with van der Waals surface area (Å²) in [6, 6.07) is 15.9. The molecule has 1 saturated carbocycles. The quantitative estimate of drug-likeness (QED) is 0.849. The number of Topliss-reactive ketones (excluding diaryl/α,β-unsaturated/α-hetero) is 1. The van der Waals surface area contributed by atoms with Gasteiger partial charge in [-0.3, -0.25) is 14.5 Å². The molecule has 2 aliphatic heterocycles. The van der Waals surface area contributed by atoms with E-state index in [1.165, 1.54) is 0 Å². The first kappa shape index (κ1) is 18.4. The highest BCUT2D eigenvalue weighted by atomic mass is 16.5. The minimum absolute atomic E-state index is 0.0388. The van der Waals surface area contributed by atoms with Crippen LogP contribution in [-0.4, -0.2) is 37.3 Å². The van der Waals surface area contributed by atoms with Gasteiger partial charge in [-0.2, -0.15) is 0 Å². The molecule has 29 heavy (non-hydrogen) atoms. The van der Waals surface area contributed by atoms with Crippen molar-refractivity contribution in [3.63, 3.8) is 0 Å². The molecule has 2 fully saturated rings. The van der Waals surface area contributed by atoms with Crippen LogP contribution in [0, 0.1) is 5.41 Å². The maximum Gasteiger partial charge on any atom is 0.250 e. The van der Waals surface area contributed by atoms with E-state index in [-0.39, 0.29) is 17.6 Å². The van der Waals surface area contributed by atoms with Gasteiger partial charge < -0.3 is 10.1 Å². The number of amides is 1. The average molecular weight is 390 g/mol. The Balaban J connectivity index is 1.75. The lowest BCUT2D eigenvalue weighted by Gasteiger charge is -2.48. The number of benzene rings is 2. The number of nitrogens with zero attached hydrogens (tertiary/aromatic N) is 1. The molecule has 2 heterocycles. The van der Waals surface area contributed by atoms with Crippen molar-refractivity contribution < 1.29 is 14.3 Å². The van der Waals surface area contributed by atoms with Gasteiger partial charge in [-0.25, -0.2) is 0 Å². The van der Waals surface area contributed by atoms with E-state index in [0.29, 0.717) is 13.0 Å². The second-order valence-electron chi connectivity index (χ2n) is 8.52. The maximum absolute atomic E-state index is 13.8. The maximum atomic E-state index is 13.8. The number of likely N-dealkylation sites (N-methyl/N-ethyl adjacent to an activating group) is 1. The zero-order valence-corrected chi connectivity index (χ0v) is 16.9. The minimum Gasteiger partial charge on any atom is -0.497 e. The van der Waals surface area contributed by atoms with E-state index in [1.807, 2.05) is 43.4 Å². The van der Waals surface area contributed by atoms with E-state index >= 15 is 0 Å². The van der Waals surface area contributed by atoms with E-state index in [1.54, 1.807) is 7.11 Å². The monoisotopic (exact) mass is 390 g/mol. The van der Waals surface area contributed by atoms with Crippen molar-refractivity contribution in [2.45, 2.75) is 37.1 Å². The number of hydrogen-bond donors (Lipinski definition) is 1. The Kier molecular flexibility index (Phi) is 4.07. The summed E-state index contributed by atoms with van der Waals surface area (Å²) in [6.07, 6.45) is 3.13. The van der Waals surface area contributed by atoms with E-state index in [2.05, 4.69) is 22.3 Å². The van der Waals surface area contributed by atoms with E-state index in [4.69, 9.17) is 4.74 Å². The van der Waals surface area contributed by atoms with Crippen molar-refractivity contribution >= 4 is 17.4 Å². The zero-order chi connectivity index (χ0) is 20.2. The van der Waals surface area contributed by atoms with Gasteiger partial charge in [0, 0.05) is 30.1 Å². The van der Waals surface area contributed by atoms with Crippen molar-refractivity contribution in [3.05, 3.63) is 59.7 Å². The number of ether oxygens (including phenoxy) is 1. The summed E-state index contributed by atoms with van der Waals surface area (Å²) >= 11 is 0. The number of rotatable bonds is 2. The van der Waals surface area contributed by atoms with E-state index in [9.17, 15) is 9.59 Å². The average Bonchev–Trinajstić information content (AvgIpc) is 3.19. The van der Waals surface area contributed by atoms with Crippen LogP contribution in [0.3, 0.4) is 0 Å². The summed E-state index contributed by atoms with van der Waals surface area (Å²) in [6.45, 7) is 0.666. The molecule has 0 radical (unpaired) electrons. The van der Waals surface area contributed by atoms with Gasteiger partial charge >= 0.3 is 0 Å². The number of fused-ring (bicyclic) bond motifs is 3. The van der Waals surface area contributed by atoms with E-state index < -0.39 is 11.0 Å². The van der Waals surface area contributed by atoms with Gasteiger partial charge in [0.25, 0.3) is 5.91 Å². The van der Waals surface area contributed by atoms with Gasteiger partial charge in [0.15, 0.2) is 0 Å². The van der Waals surface area contributed by atoms with Crippen LogP contribution >= 0.6 is 0 Å². The van der Waals surface area contributed by atoms with Crippen LogP contribution < -0.4 is 10.1 Å². The molecule has 3 aliphatic rings. The van der Waals surface area contributed by atoms with Gasteiger partial charge in [0.1, 0.15) is 17.1 Å². The highest BCUT2D eigenvalue weighted by Crippen LogP contribution is 2.65. The van der Waals surface area contributed by atoms with Crippen molar-refractivity contribution in [2.75, 3.05) is 26.0 Å². The van der Waals surface area contributed by atoms with Crippen LogP contribution in [0.1, 0.15) is 42.7 Å². The minimum atomic E-state index is -0.953. The van der Waals surface area contributed by atoms with Gasteiger partial charge in [0.05, 0.1) is 12.5 Å². The first-order chi connectivity index (χ1) is 14.1. The number of hydrogen-bond acceptors (Lipinski definition) is 4. The van der Waals surface area contributed by atoms with Crippen molar-refractivity contribution in [1.82, 2.24) is 4.90 Å². The number of nitrogens with one attached hydrogen (secondary N) is 1. The van der Waals surface area contributed by atoms with Crippen LogP contribution in [0.2, 0.25) is 0 Å². The Bertz CT molecular complexity index is 986. The normalized spacial score (nSPS) is 31.3. The lowest BCUT2D eigenvalue weighted by Crippen LogP contribution is -2.59. The van der Waals surface area contributed by atoms with Gasteiger partial charge in [0.2, 0.25) is 0 Å². The Morgan fingerprint density at radius 2 is 1.83 bits per heavy atom. The van der Waals surface area contributed by atoms with E-state index in [0.717, 1.165) is 41.8 Å². The molecule has 5 nitrogen and oxygen atoms in total. The third-order valence-corrected chi connectivity index (χ3v) is 7.40. The fourth-order valence-electron chi connectivity index (χ4n) is 6.25. The summed E-state index contributed by atoms with van der Waals surface area (Å²) < 4.78 is 5.33. The molecular weight excluding hydrogens is 364 g/mol. The Morgan fingerprint density at radius 1 is 1.07 bits per heavy atom. The summed E-state index contributed by atoms with van der Waals surface area (Å²) in [4.78, 5) is 29.5. The second kappa shape index (κ2) is 6.42. The number of likely N-dealkylation sites (tertiary alicyclic amines) is 1. The standard InChI is InChI=1S/C24H26N2O3/c1-26-15-19(16-10-12-17(29-2)13-11-16)23(14-6-5-9-21(23)27)24(26)18-7-3-4-8-20(18)25-22(24)28/h3-4,7-8,10-13,19H,5-6,9,14-15H2,1-2H3,(H,25,28)/t19-,23+,24+/m0/s1. The van der Waals surface area contributed by atoms with Gasteiger partial charge in [-0.1, -0.05) is 36.8 Å². The molecule has 1 saturated heterocycles. The predicted octanol–water partition coefficient (Wildman–Crippen LogP) is 3.70. The number of carbonyl (C=O) groups is 2. The number of para-hydroxylation sites is 1. The Labute approximate surface area is 171 Å². The number of anilines is 1. The van der Waals surface area contributed by atoms with Gasteiger partial charge in [-0.15, -0.1) is 0 Å². The third kappa shape index (κ3) is 2.19. The topological polar surface area (TPSA) is 58.6 Å².